The number of rotatable bonds is 10. The van der Waals surface area contributed by atoms with Gasteiger partial charge in [-0.1, -0.05) is 50.6 Å². The molecule has 4 nitrogen and oxygen atoms in total. The Labute approximate surface area is 222 Å². The molecule has 194 valence electrons. The van der Waals surface area contributed by atoms with Crippen LogP contribution in [0.2, 0.25) is 0 Å². The Kier molecular flexibility index (Phi) is 9.13. The highest BCUT2D eigenvalue weighted by molar-refractivity contribution is 8.14. The number of thioether (sulfide) groups is 1. The number of hydrogen-bond donors (Lipinski definition) is 1. The van der Waals surface area contributed by atoms with E-state index in [4.69, 9.17) is 4.99 Å². The van der Waals surface area contributed by atoms with Crippen LogP contribution in [0.15, 0.2) is 29.3 Å². The minimum atomic E-state index is 0. The summed E-state index contributed by atoms with van der Waals surface area (Å²) < 4.78 is 0. The van der Waals surface area contributed by atoms with Crippen LogP contribution < -0.4 is 5.32 Å². The molecule has 1 unspecified atom stereocenters. The molecule has 0 radical (unpaired) electrons. The lowest BCUT2D eigenvalue weighted by atomic mass is 9.53. The quantitative estimate of drug-likeness (QED) is 0.353. The summed E-state index contributed by atoms with van der Waals surface area (Å²) in [6, 6.07) is 8.68. The molecule has 1 aliphatic heterocycles. The number of hydrogen-bond acceptors (Lipinski definition) is 3. The van der Waals surface area contributed by atoms with E-state index in [9.17, 15) is 4.79 Å². The van der Waals surface area contributed by atoms with Gasteiger partial charge in [0.25, 0.3) is 0 Å². The standard InChI is InChI=1S/C29H43N3OS.ClH/c1-3-5-7-21-8-10-25(11-9-21)30-27(33)16-26-20-34-28(32(26)12-6-4-2)31-29-17-22-13-23(18-29)15-24(14-22)19-29;/h8-11,22-24,26H,3-7,12-20H2,1-2H3,(H,30,33);1H/b31-28-;. The lowest BCUT2D eigenvalue weighted by molar-refractivity contribution is -0.116. The molecule has 4 aliphatic carbocycles. The van der Waals surface area contributed by atoms with Crippen LogP contribution in [0.5, 0.6) is 0 Å². The van der Waals surface area contributed by atoms with Crippen molar-refractivity contribution in [2.24, 2.45) is 22.7 Å². The van der Waals surface area contributed by atoms with Gasteiger partial charge in [-0.25, -0.2) is 0 Å². The highest BCUT2D eigenvalue weighted by atomic mass is 35.5. The third kappa shape index (κ3) is 6.39. The van der Waals surface area contributed by atoms with Crippen molar-refractivity contribution in [3.63, 3.8) is 0 Å². The van der Waals surface area contributed by atoms with Crippen molar-refractivity contribution in [3.8, 4) is 0 Å². The van der Waals surface area contributed by atoms with Gasteiger partial charge in [-0.3, -0.25) is 9.79 Å². The summed E-state index contributed by atoms with van der Waals surface area (Å²) in [7, 11) is 0. The number of unbranched alkanes of at least 4 members (excludes halogenated alkanes) is 2. The first kappa shape index (κ1) is 26.9. The molecular weight excluding hydrogens is 474 g/mol. The van der Waals surface area contributed by atoms with E-state index in [1.807, 2.05) is 11.8 Å². The molecule has 1 saturated heterocycles. The number of aryl methyl sites for hydroxylation is 1. The molecule has 4 bridgehead atoms. The van der Waals surface area contributed by atoms with Crippen molar-refractivity contribution in [2.45, 2.75) is 102 Å². The number of anilines is 1. The molecule has 5 aliphatic rings. The second-order valence-corrected chi connectivity index (χ2v) is 12.6. The van der Waals surface area contributed by atoms with Gasteiger partial charge in [-0.05, 0) is 93.2 Å². The lowest BCUT2D eigenvalue weighted by Crippen LogP contribution is -2.50. The molecular formula is C29H44ClN3OS. The third-order valence-electron chi connectivity index (χ3n) is 8.66. The van der Waals surface area contributed by atoms with E-state index in [0.29, 0.717) is 6.42 Å². The van der Waals surface area contributed by atoms with E-state index in [1.165, 1.54) is 68.5 Å². The summed E-state index contributed by atoms with van der Waals surface area (Å²) in [6.07, 6.45) is 14.7. The fourth-order valence-corrected chi connectivity index (χ4v) is 8.64. The van der Waals surface area contributed by atoms with Crippen LogP contribution in [0, 0.1) is 17.8 Å². The third-order valence-corrected chi connectivity index (χ3v) is 9.80. The zero-order chi connectivity index (χ0) is 23.5. The van der Waals surface area contributed by atoms with Gasteiger partial charge in [0.1, 0.15) is 0 Å². The second-order valence-electron chi connectivity index (χ2n) is 11.6. The van der Waals surface area contributed by atoms with Gasteiger partial charge in [-0.2, -0.15) is 0 Å². The second kappa shape index (κ2) is 11.9. The first-order chi connectivity index (χ1) is 16.6. The number of carbonyl (C=O) groups excluding carboxylic acids is 1. The maximum atomic E-state index is 13.0. The van der Waals surface area contributed by atoms with E-state index in [2.05, 4.69) is 48.3 Å². The Morgan fingerprint density at radius 2 is 1.66 bits per heavy atom. The first-order valence-electron chi connectivity index (χ1n) is 13.9. The van der Waals surface area contributed by atoms with Gasteiger partial charge in [-0.15, -0.1) is 12.4 Å². The molecule has 1 heterocycles. The highest BCUT2D eigenvalue weighted by Gasteiger charge is 2.51. The Hall–Kier alpha value is -1.20. The minimum absolute atomic E-state index is 0. The van der Waals surface area contributed by atoms with Crippen LogP contribution in [-0.4, -0.2) is 39.9 Å². The largest absolute Gasteiger partial charge is 0.347 e. The molecule has 6 heteroatoms. The van der Waals surface area contributed by atoms with E-state index in [1.54, 1.807) is 0 Å². The van der Waals surface area contributed by atoms with Crippen LogP contribution in [0.25, 0.3) is 0 Å². The molecule has 35 heavy (non-hydrogen) atoms. The van der Waals surface area contributed by atoms with Gasteiger partial charge in [0.05, 0.1) is 5.54 Å². The molecule has 1 atom stereocenters. The van der Waals surface area contributed by atoms with Crippen LogP contribution in [0.4, 0.5) is 5.69 Å². The Morgan fingerprint density at radius 3 is 2.26 bits per heavy atom. The van der Waals surface area contributed by atoms with E-state index < -0.39 is 0 Å². The Balaban J connectivity index is 0.00000289. The summed E-state index contributed by atoms with van der Waals surface area (Å²) in [4.78, 5) is 21.0. The fourth-order valence-electron chi connectivity index (χ4n) is 7.34. The van der Waals surface area contributed by atoms with Gasteiger partial charge in [0, 0.05) is 30.4 Å². The number of halogens is 1. The fraction of sp³-hybridized carbons (Fsp3) is 0.724. The zero-order valence-corrected chi connectivity index (χ0v) is 23.3. The SMILES string of the molecule is CCCCc1ccc(NC(=O)CC2CS/C(=N\C34CC5CC(CC(C5)C3)C4)N2CCCC)cc1.Cl. The minimum Gasteiger partial charge on any atom is -0.347 e. The predicted molar refractivity (Wildman–Crippen MR) is 152 cm³/mol. The number of amidine groups is 1. The zero-order valence-electron chi connectivity index (χ0n) is 21.6. The molecule has 4 saturated carbocycles. The van der Waals surface area contributed by atoms with Crippen molar-refractivity contribution in [1.82, 2.24) is 4.90 Å². The Morgan fingerprint density at radius 1 is 1.03 bits per heavy atom. The van der Waals surface area contributed by atoms with Crippen molar-refractivity contribution in [1.29, 1.82) is 0 Å². The van der Waals surface area contributed by atoms with Gasteiger partial charge in [0.2, 0.25) is 5.91 Å². The molecule has 1 aromatic carbocycles. The number of aliphatic imine (C=N–C) groups is 1. The monoisotopic (exact) mass is 517 g/mol. The molecule has 1 amide bonds. The highest BCUT2D eigenvalue weighted by Crippen LogP contribution is 2.57. The normalized spacial score (nSPS) is 32.2. The average molecular weight is 518 g/mol. The summed E-state index contributed by atoms with van der Waals surface area (Å²) >= 11 is 1.91. The number of nitrogens with zero attached hydrogens (tertiary/aromatic N) is 2. The number of amides is 1. The van der Waals surface area contributed by atoms with Crippen LogP contribution in [-0.2, 0) is 11.2 Å². The summed E-state index contributed by atoms with van der Waals surface area (Å²) in [5.74, 6) is 3.87. The lowest BCUT2D eigenvalue weighted by Gasteiger charge is -2.55. The maximum absolute atomic E-state index is 13.0. The summed E-state index contributed by atoms with van der Waals surface area (Å²) in [5.41, 5.74) is 2.47. The van der Waals surface area contributed by atoms with Crippen molar-refractivity contribution in [3.05, 3.63) is 29.8 Å². The molecule has 6 rings (SSSR count). The van der Waals surface area contributed by atoms with Crippen LogP contribution in [0.1, 0.15) is 90.0 Å². The number of carbonyl (C=O) groups is 1. The van der Waals surface area contributed by atoms with Crippen LogP contribution >= 0.6 is 24.2 Å². The Bertz CT molecular complexity index is 851. The molecule has 1 N–H and O–H groups in total. The smallest absolute Gasteiger partial charge is 0.226 e. The molecule has 5 fully saturated rings. The molecule has 1 aromatic rings. The molecule has 0 aromatic heterocycles. The van der Waals surface area contributed by atoms with E-state index in [-0.39, 0.29) is 29.9 Å². The van der Waals surface area contributed by atoms with Crippen LogP contribution in [0.3, 0.4) is 0 Å². The summed E-state index contributed by atoms with van der Waals surface area (Å²) in [6.45, 7) is 5.50. The molecule has 0 spiro atoms. The van der Waals surface area contributed by atoms with Crippen molar-refractivity contribution in [2.75, 3.05) is 17.6 Å². The van der Waals surface area contributed by atoms with E-state index in [0.717, 1.165) is 48.6 Å². The van der Waals surface area contributed by atoms with Gasteiger partial charge < -0.3 is 10.2 Å². The van der Waals surface area contributed by atoms with Gasteiger partial charge in [0.15, 0.2) is 5.17 Å². The van der Waals surface area contributed by atoms with Crippen molar-refractivity contribution < 1.29 is 4.79 Å². The first-order valence-corrected chi connectivity index (χ1v) is 14.9. The van der Waals surface area contributed by atoms with Gasteiger partial charge >= 0.3 is 0 Å². The average Bonchev–Trinajstić information content (AvgIpc) is 3.16. The van der Waals surface area contributed by atoms with Crippen molar-refractivity contribution >= 4 is 40.9 Å². The summed E-state index contributed by atoms with van der Waals surface area (Å²) in [5, 5.41) is 4.40. The predicted octanol–water partition coefficient (Wildman–Crippen LogP) is 7.32. The number of nitrogens with one attached hydrogen (secondary N) is 1. The maximum Gasteiger partial charge on any atom is 0.226 e. The van der Waals surface area contributed by atoms with E-state index >= 15 is 0 Å². The number of benzene rings is 1. The topological polar surface area (TPSA) is 44.7 Å².